The molecule has 2 aromatic heterocycles. The molecule has 4 aliphatic rings. The van der Waals surface area contributed by atoms with E-state index in [1.54, 1.807) is 7.05 Å². The Morgan fingerprint density at radius 1 is 1.00 bits per heavy atom. The Morgan fingerprint density at radius 2 is 1.70 bits per heavy atom. The number of nitrogens with two attached hydrogens (primary N) is 1. The molecule has 1 saturated carbocycles. The van der Waals surface area contributed by atoms with E-state index < -0.39 is 11.6 Å². The van der Waals surface area contributed by atoms with Crippen molar-refractivity contribution >= 4 is 23.3 Å². The molecule has 0 spiro atoms. The summed E-state index contributed by atoms with van der Waals surface area (Å²) in [5.74, 6) is 1.27. The quantitative estimate of drug-likeness (QED) is 0.472. The van der Waals surface area contributed by atoms with E-state index in [1.807, 2.05) is 27.7 Å². The summed E-state index contributed by atoms with van der Waals surface area (Å²) in [5, 5.41) is 9.93. The highest BCUT2D eigenvalue weighted by atomic mass is 16.2. The van der Waals surface area contributed by atoms with Crippen molar-refractivity contribution in [2.45, 2.75) is 120 Å². The number of rotatable bonds is 5. The third-order valence-corrected chi connectivity index (χ3v) is 10.9. The Labute approximate surface area is 262 Å². The molecule has 242 valence electrons. The number of carbonyl (C=O) groups is 2. The van der Waals surface area contributed by atoms with E-state index in [1.165, 1.54) is 32.1 Å². The number of fused-ring (bicyclic) bond motifs is 1. The summed E-state index contributed by atoms with van der Waals surface area (Å²) in [6.45, 7) is 4.50. The number of hydrogen-bond donors (Lipinski definition) is 3. The third kappa shape index (κ3) is 5.95. The first-order valence-corrected chi connectivity index (χ1v) is 17.2. The lowest BCUT2D eigenvalue weighted by Gasteiger charge is -2.41. The normalized spacial score (nSPS) is 29.8. The first-order chi connectivity index (χ1) is 21.3. The maximum Gasteiger partial charge on any atom is 0.241 e. The van der Waals surface area contributed by atoms with Gasteiger partial charge < -0.3 is 20.9 Å². The average molecular weight is 608 g/mol. The molecule has 6 rings (SSSR count). The fraction of sp³-hybridized carbons (Fsp3) is 0.758. The van der Waals surface area contributed by atoms with Crippen molar-refractivity contribution in [3.05, 3.63) is 23.5 Å². The SMILES string of the molecule is CNC(=O)C1(C2CCCCCCCCC2)CC(C(=O)N2CCCC[C@H]2c2cc3nc(N4CC[C@H](N)C4)c(C)cn3n2)NN1C. The Kier molecular flexibility index (Phi) is 9.44. The van der Waals surface area contributed by atoms with Gasteiger partial charge in [-0.25, -0.2) is 19.9 Å². The highest BCUT2D eigenvalue weighted by Gasteiger charge is 2.56. The molecule has 4 atom stereocenters. The molecule has 1 aliphatic carbocycles. The number of likely N-dealkylation sites (tertiary alicyclic amines) is 1. The number of hydrogen-bond acceptors (Lipinski definition) is 8. The van der Waals surface area contributed by atoms with Crippen LogP contribution in [0.2, 0.25) is 0 Å². The summed E-state index contributed by atoms with van der Waals surface area (Å²) in [4.78, 5) is 37.4. The van der Waals surface area contributed by atoms with E-state index in [0.29, 0.717) is 13.0 Å². The van der Waals surface area contributed by atoms with E-state index in [4.69, 9.17) is 15.8 Å². The summed E-state index contributed by atoms with van der Waals surface area (Å²) in [5.41, 5.74) is 11.7. The van der Waals surface area contributed by atoms with Crippen LogP contribution >= 0.6 is 0 Å². The topological polar surface area (TPSA) is 124 Å². The van der Waals surface area contributed by atoms with Gasteiger partial charge in [0, 0.05) is 64.0 Å². The highest BCUT2D eigenvalue weighted by Crippen LogP contribution is 2.42. The molecular formula is C33H53N9O2. The minimum atomic E-state index is -0.737. The second kappa shape index (κ2) is 13.3. The van der Waals surface area contributed by atoms with Gasteiger partial charge in [-0.15, -0.1) is 0 Å². The maximum atomic E-state index is 14.4. The van der Waals surface area contributed by atoms with Gasteiger partial charge in [-0.2, -0.15) is 5.10 Å². The van der Waals surface area contributed by atoms with Gasteiger partial charge in [0.1, 0.15) is 17.4 Å². The second-order valence-electron chi connectivity index (χ2n) is 13.9. The van der Waals surface area contributed by atoms with Crippen molar-refractivity contribution in [1.82, 2.24) is 35.2 Å². The highest BCUT2D eigenvalue weighted by molar-refractivity contribution is 5.90. The Hall–Kier alpha value is -2.76. The molecule has 2 unspecified atom stereocenters. The van der Waals surface area contributed by atoms with Crippen LogP contribution in [0.5, 0.6) is 0 Å². The average Bonchev–Trinajstić information content (AvgIpc) is 3.75. The zero-order chi connectivity index (χ0) is 30.8. The van der Waals surface area contributed by atoms with E-state index in [9.17, 15) is 9.59 Å². The van der Waals surface area contributed by atoms with Gasteiger partial charge >= 0.3 is 0 Å². The Morgan fingerprint density at radius 3 is 2.39 bits per heavy atom. The van der Waals surface area contributed by atoms with Gasteiger partial charge in [-0.3, -0.25) is 9.59 Å². The molecule has 44 heavy (non-hydrogen) atoms. The summed E-state index contributed by atoms with van der Waals surface area (Å²) >= 11 is 0. The number of anilines is 1. The van der Waals surface area contributed by atoms with Gasteiger partial charge in [-0.1, -0.05) is 44.9 Å². The van der Waals surface area contributed by atoms with E-state index in [-0.39, 0.29) is 29.8 Å². The van der Waals surface area contributed by atoms with Crippen LogP contribution in [0, 0.1) is 12.8 Å². The smallest absolute Gasteiger partial charge is 0.241 e. The van der Waals surface area contributed by atoms with Gasteiger partial charge in [0.25, 0.3) is 0 Å². The molecule has 0 radical (unpaired) electrons. The molecule has 3 aliphatic heterocycles. The summed E-state index contributed by atoms with van der Waals surface area (Å²) in [6.07, 6.45) is 17.0. The summed E-state index contributed by atoms with van der Waals surface area (Å²) in [7, 11) is 3.70. The molecule has 4 fully saturated rings. The van der Waals surface area contributed by atoms with Crippen LogP contribution in [0.15, 0.2) is 12.3 Å². The lowest BCUT2D eigenvalue weighted by Crippen LogP contribution is -2.60. The van der Waals surface area contributed by atoms with Crippen molar-refractivity contribution in [1.29, 1.82) is 0 Å². The van der Waals surface area contributed by atoms with Crippen LogP contribution in [-0.4, -0.2) is 87.7 Å². The fourth-order valence-corrected chi connectivity index (χ4v) is 8.54. The van der Waals surface area contributed by atoms with Crippen molar-refractivity contribution < 1.29 is 9.59 Å². The predicted octanol–water partition coefficient (Wildman–Crippen LogP) is 3.46. The number of aryl methyl sites for hydroxylation is 1. The number of hydrazine groups is 1. The lowest BCUT2D eigenvalue weighted by atomic mass is 9.73. The van der Waals surface area contributed by atoms with Gasteiger partial charge in [0.2, 0.25) is 11.8 Å². The van der Waals surface area contributed by atoms with Gasteiger partial charge in [0.05, 0.1) is 11.7 Å². The van der Waals surface area contributed by atoms with E-state index >= 15 is 0 Å². The van der Waals surface area contributed by atoms with Crippen molar-refractivity contribution in [2.75, 3.05) is 38.6 Å². The van der Waals surface area contributed by atoms with Crippen LogP contribution in [0.3, 0.4) is 0 Å². The summed E-state index contributed by atoms with van der Waals surface area (Å²) < 4.78 is 1.86. The molecule has 11 nitrogen and oxygen atoms in total. The standard InChI is InChI=1S/C33H53N9O2/c1-23-21-42-29(36-30(23)40-18-16-25(34)22-40)19-26(38-42)28-15-11-12-17-41(28)31(43)27-20-33(32(44)35-2,39(3)37-27)24-13-9-7-5-4-6-8-10-14-24/h19,21,24-25,27-28,37H,4-18,20,22,34H2,1-3H3,(H,35,44)/t25-,27?,28-,33?/m0/s1. The number of aromatic nitrogens is 3. The van der Waals surface area contributed by atoms with Crippen LogP contribution in [0.4, 0.5) is 5.82 Å². The van der Waals surface area contributed by atoms with Crippen LogP contribution < -0.4 is 21.4 Å². The van der Waals surface area contributed by atoms with Crippen LogP contribution in [0.1, 0.15) is 107 Å². The van der Waals surface area contributed by atoms with Crippen molar-refractivity contribution in [2.24, 2.45) is 11.7 Å². The number of piperidine rings is 1. The monoisotopic (exact) mass is 607 g/mol. The number of amides is 2. The molecule has 11 heteroatoms. The fourth-order valence-electron chi connectivity index (χ4n) is 8.54. The number of nitrogens with zero attached hydrogens (tertiary/aromatic N) is 6. The molecule has 4 N–H and O–H groups in total. The Balaban J connectivity index is 1.24. The third-order valence-electron chi connectivity index (χ3n) is 10.9. The largest absolute Gasteiger partial charge is 0.358 e. The van der Waals surface area contributed by atoms with E-state index in [2.05, 4.69) is 28.6 Å². The zero-order valence-corrected chi connectivity index (χ0v) is 27.1. The van der Waals surface area contributed by atoms with Crippen molar-refractivity contribution in [3.8, 4) is 0 Å². The first kappa shape index (κ1) is 31.2. The van der Waals surface area contributed by atoms with Crippen LogP contribution in [0.25, 0.3) is 5.65 Å². The number of carbonyl (C=O) groups excluding carboxylic acids is 2. The molecule has 0 bridgehead atoms. The lowest BCUT2D eigenvalue weighted by molar-refractivity contribution is -0.137. The molecule has 2 amide bonds. The van der Waals surface area contributed by atoms with Gasteiger partial charge in [0.15, 0.2) is 5.65 Å². The number of likely N-dealkylation sites (N-methyl/N-ethyl adjacent to an activating group) is 2. The summed E-state index contributed by atoms with van der Waals surface area (Å²) in [6, 6.07) is 1.67. The minimum absolute atomic E-state index is 0.0246. The maximum absolute atomic E-state index is 14.4. The minimum Gasteiger partial charge on any atom is -0.358 e. The van der Waals surface area contributed by atoms with Crippen molar-refractivity contribution in [3.63, 3.8) is 0 Å². The first-order valence-electron chi connectivity index (χ1n) is 17.2. The molecule has 3 saturated heterocycles. The number of nitrogens with one attached hydrogen (secondary N) is 2. The zero-order valence-electron chi connectivity index (χ0n) is 27.1. The molecule has 0 aromatic carbocycles. The Bertz CT molecular complexity index is 1320. The molecular weight excluding hydrogens is 554 g/mol. The van der Waals surface area contributed by atoms with E-state index in [0.717, 1.165) is 87.2 Å². The van der Waals surface area contributed by atoms with Crippen LogP contribution in [-0.2, 0) is 9.59 Å². The molecule has 2 aromatic rings. The van der Waals surface area contributed by atoms with Gasteiger partial charge in [-0.05, 0) is 51.4 Å². The molecule has 5 heterocycles. The predicted molar refractivity (Wildman–Crippen MR) is 172 cm³/mol. The second-order valence-corrected chi connectivity index (χ2v) is 13.9.